The van der Waals surface area contributed by atoms with Crippen LogP contribution < -0.4 is 10.4 Å². The maximum Gasteiger partial charge on any atom is 0.339 e. The molecule has 3 aliphatic heterocycles. The molecule has 4 aliphatic rings. The van der Waals surface area contributed by atoms with Crippen LogP contribution in [0.4, 0.5) is 0 Å². The SMILES string of the molecule is CC(C)=C1CCc2ccc(cc2)C[C@@H](CCc2cccc(Cc3ccccc3)c2)CC(=O)O[C@H]2c3c(ccc4cc(CCOCO)c(=O)oc34)O[C@@](C)(C3CCCCC3)[C@H]2OC1=O. The number of benzene rings is 4. The molecular formula is C54H60O9. The summed E-state index contributed by atoms with van der Waals surface area (Å²) in [5.41, 5.74) is 6.73. The molecule has 0 amide bonds. The Balaban J connectivity index is 1.19. The average Bonchev–Trinajstić information content (AvgIpc) is 3.28. The monoisotopic (exact) mass is 852 g/mol. The molecule has 2 bridgehead atoms. The summed E-state index contributed by atoms with van der Waals surface area (Å²) in [4.78, 5) is 43.0. The molecule has 4 heterocycles. The van der Waals surface area contributed by atoms with Gasteiger partial charge in [0.05, 0.1) is 12.2 Å². The third-order valence-electron chi connectivity index (χ3n) is 13.5. The van der Waals surface area contributed by atoms with Crippen molar-refractivity contribution in [3.63, 3.8) is 0 Å². The highest BCUT2D eigenvalue weighted by molar-refractivity contribution is 5.90. The summed E-state index contributed by atoms with van der Waals surface area (Å²) in [6, 6.07) is 33.1. The summed E-state index contributed by atoms with van der Waals surface area (Å²) in [5.74, 6) is -0.529. The second-order valence-electron chi connectivity index (χ2n) is 18.2. The van der Waals surface area contributed by atoms with E-state index in [9.17, 15) is 19.5 Å². The molecule has 1 fully saturated rings. The van der Waals surface area contributed by atoms with E-state index in [0.717, 1.165) is 68.1 Å². The van der Waals surface area contributed by atoms with Crippen LogP contribution in [0.15, 0.2) is 117 Å². The van der Waals surface area contributed by atoms with E-state index >= 15 is 0 Å². The van der Waals surface area contributed by atoms with Crippen LogP contribution in [-0.4, -0.2) is 42.1 Å². The van der Waals surface area contributed by atoms with Gasteiger partial charge in [-0.05, 0) is 124 Å². The smallest absolute Gasteiger partial charge is 0.339 e. The predicted octanol–water partition coefficient (Wildman–Crippen LogP) is 10.3. The number of aryl methyl sites for hydroxylation is 2. The van der Waals surface area contributed by atoms with Gasteiger partial charge in [-0.2, -0.15) is 0 Å². The highest BCUT2D eigenvalue weighted by Gasteiger charge is 2.56. The Morgan fingerprint density at radius 2 is 1.52 bits per heavy atom. The van der Waals surface area contributed by atoms with Crippen LogP contribution in [0.25, 0.3) is 11.0 Å². The van der Waals surface area contributed by atoms with Crippen molar-refractivity contribution < 1.29 is 38.1 Å². The zero-order chi connectivity index (χ0) is 43.9. The van der Waals surface area contributed by atoms with Gasteiger partial charge in [0.25, 0.3) is 0 Å². The molecule has 1 aromatic heterocycles. The van der Waals surface area contributed by atoms with Gasteiger partial charge in [0.1, 0.15) is 23.7 Å². The maximum absolute atomic E-state index is 14.8. The number of allylic oxidation sites excluding steroid dienone is 1. The average molecular weight is 853 g/mol. The Morgan fingerprint density at radius 3 is 2.29 bits per heavy atom. The van der Waals surface area contributed by atoms with E-state index in [4.69, 9.17) is 23.4 Å². The van der Waals surface area contributed by atoms with Gasteiger partial charge in [-0.3, -0.25) is 4.79 Å². The number of esters is 2. The number of hydrogen-bond donors (Lipinski definition) is 1. The molecule has 0 saturated heterocycles. The Kier molecular flexibility index (Phi) is 13.9. The Morgan fingerprint density at radius 1 is 0.778 bits per heavy atom. The molecule has 5 aromatic rings. The number of rotatable bonds is 10. The summed E-state index contributed by atoms with van der Waals surface area (Å²) in [6.45, 7) is 5.52. The molecule has 0 radical (unpaired) electrons. The fourth-order valence-electron chi connectivity index (χ4n) is 10.0. The van der Waals surface area contributed by atoms with Crippen molar-refractivity contribution in [3.05, 3.63) is 158 Å². The molecule has 9 nitrogen and oxygen atoms in total. The molecule has 1 N–H and O–H groups in total. The quantitative estimate of drug-likeness (QED) is 0.0481. The van der Waals surface area contributed by atoms with Gasteiger partial charge in [-0.1, -0.05) is 104 Å². The van der Waals surface area contributed by atoms with Crippen molar-refractivity contribution in [1.82, 2.24) is 0 Å². The second kappa shape index (κ2) is 19.9. The minimum absolute atomic E-state index is 0.000811. The lowest BCUT2D eigenvalue weighted by atomic mass is 9.71. The molecular weight excluding hydrogens is 793 g/mol. The first-order valence-corrected chi connectivity index (χ1v) is 22.8. The predicted molar refractivity (Wildman–Crippen MR) is 243 cm³/mol. The highest BCUT2D eigenvalue weighted by atomic mass is 16.6. The first-order valence-electron chi connectivity index (χ1n) is 22.8. The molecule has 0 unspecified atom stereocenters. The van der Waals surface area contributed by atoms with Crippen molar-refractivity contribution >= 4 is 22.9 Å². The lowest BCUT2D eigenvalue weighted by Crippen LogP contribution is -2.58. The standard InChI is InChI=1S/C54H60O9/c1-35(2)45-25-23-36-17-19-39(20-18-36)31-41(22-21-38-13-10-14-40(30-38)29-37-11-6-4-7-12-37)32-47(56)60-50-48-46(26-24-42-33-43(27-28-59-34-55)52(57)61-49(42)48)63-54(3,51(50)62-53(45)58)44-15-8-5-9-16-44/h4,6-7,10-14,17-20,24,26,30,33,41,44,50-51,55H,5,8-9,15-16,21-23,25,27-29,31-32,34H2,1-3H3/t41-,50+,51+,54+/m1/s1. The van der Waals surface area contributed by atoms with Crippen LogP contribution >= 0.6 is 0 Å². The van der Waals surface area contributed by atoms with Gasteiger partial charge < -0.3 is 28.5 Å². The third-order valence-corrected chi connectivity index (χ3v) is 13.5. The maximum atomic E-state index is 14.8. The van der Waals surface area contributed by atoms with Crippen molar-refractivity contribution in [1.29, 1.82) is 0 Å². The first kappa shape index (κ1) is 44.1. The summed E-state index contributed by atoms with van der Waals surface area (Å²) in [5, 5.41) is 9.78. The summed E-state index contributed by atoms with van der Waals surface area (Å²) in [6.07, 6.45) is 7.21. The van der Waals surface area contributed by atoms with Crippen LogP contribution in [0.3, 0.4) is 0 Å². The molecule has 4 aromatic carbocycles. The molecule has 9 rings (SSSR count). The third kappa shape index (κ3) is 10.3. The van der Waals surface area contributed by atoms with Gasteiger partial charge in [-0.15, -0.1) is 0 Å². The van der Waals surface area contributed by atoms with E-state index in [1.54, 1.807) is 6.07 Å². The summed E-state index contributed by atoms with van der Waals surface area (Å²) < 4.78 is 31.8. The molecule has 330 valence electrons. The van der Waals surface area contributed by atoms with Gasteiger partial charge >= 0.3 is 17.6 Å². The number of ether oxygens (including phenoxy) is 4. The van der Waals surface area contributed by atoms with Crippen molar-refractivity contribution in [2.75, 3.05) is 13.4 Å². The van der Waals surface area contributed by atoms with Crippen molar-refractivity contribution in [3.8, 4) is 5.75 Å². The fourth-order valence-corrected chi connectivity index (χ4v) is 10.0. The van der Waals surface area contributed by atoms with Gasteiger partial charge in [-0.25, -0.2) is 9.59 Å². The number of hydrogen-bond acceptors (Lipinski definition) is 9. The minimum Gasteiger partial charge on any atom is -0.483 e. The van der Waals surface area contributed by atoms with E-state index in [2.05, 4.69) is 72.8 Å². The zero-order valence-electron chi connectivity index (χ0n) is 36.9. The topological polar surface area (TPSA) is 122 Å². The van der Waals surface area contributed by atoms with Crippen molar-refractivity contribution in [2.24, 2.45) is 11.8 Å². The first-order chi connectivity index (χ1) is 30.6. The molecule has 63 heavy (non-hydrogen) atoms. The summed E-state index contributed by atoms with van der Waals surface area (Å²) in [7, 11) is 0. The Labute approximate surface area is 370 Å². The highest BCUT2D eigenvalue weighted by Crippen LogP contribution is 2.52. The normalized spacial score (nSPS) is 22.2. The Hall–Kier alpha value is -5.51. The largest absolute Gasteiger partial charge is 0.483 e. The van der Waals surface area contributed by atoms with Gasteiger partial charge in [0, 0.05) is 35.3 Å². The lowest BCUT2D eigenvalue weighted by molar-refractivity contribution is -0.201. The van der Waals surface area contributed by atoms with Crippen LogP contribution in [-0.2, 0) is 55.9 Å². The summed E-state index contributed by atoms with van der Waals surface area (Å²) >= 11 is 0. The lowest BCUT2D eigenvalue weighted by Gasteiger charge is -2.49. The Bertz CT molecular complexity index is 2480. The van der Waals surface area contributed by atoms with Gasteiger partial charge in [0.15, 0.2) is 12.2 Å². The van der Waals surface area contributed by atoms with Gasteiger partial charge in [0.2, 0.25) is 0 Å². The molecule has 1 saturated carbocycles. The van der Waals surface area contributed by atoms with Crippen LogP contribution in [0.2, 0.25) is 0 Å². The number of aliphatic hydroxyl groups excluding tert-OH is 1. The molecule has 0 spiro atoms. The zero-order valence-corrected chi connectivity index (χ0v) is 36.9. The van der Waals surface area contributed by atoms with Crippen LogP contribution in [0.1, 0.15) is 117 Å². The second-order valence-corrected chi connectivity index (χ2v) is 18.2. The molecule has 9 heteroatoms. The number of fused-ring (bicyclic) bond motifs is 13. The molecule has 4 atom stereocenters. The van der Waals surface area contributed by atoms with Crippen LogP contribution in [0.5, 0.6) is 5.75 Å². The molecule has 1 aliphatic carbocycles. The van der Waals surface area contributed by atoms with E-state index in [0.29, 0.717) is 47.1 Å². The number of carbonyl (C=O) groups excluding carboxylic acids is 2. The minimum atomic E-state index is -1.13. The number of aliphatic hydroxyl groups is 1. The van der Waals surface area contributed by atoms with E-state index in [1.807, 2.05) is 39.0 Å². The van der Waals surface area contributed by atoms with E-state index in [1.165, 1.54) is 16.7 Å². The number of carbonyl (C=O) groups is 2. The van der Waals surface area contributed by atoms with Crippen LogP contribution in [0, 0.1) is 11.8 Å². The van der Waals surface area contributed by atoms with E-state index in [-0.39, 0.29) is 36.9 Å². The fraction of sp³-hybridized carbons (Fsp3) is 0.426. The van der Waals surface area contributed by atoms with Crippen molar-refractivity contribution in [2.45, 2.75) is 122 Å². The van der Waals surface area contributed by atoms with E-state index < -0.39 is 42.2 Å².